The van der Waals surface area contributed by atoms with E-state index in [9.17, 15) is 5.11 Å². The standard InChI is InChI=1S/C17H21NO5/c1-17(2)22-15-14(20-10-11-6-4-3-5-7-11)13(19)12(8-9-18)21-16(15)23-17/h3-7,12-16,19H,8,10H2,1-2H3/t12?,13-,14?,15?,16+/m1/s1. The summed E-state index contributed by atoms with van der Waals surface area (Å²) in [6.45, 7) is 3.91. The SMILES string of the molecule is CC1(C)OC2C(OCc3ccccc3)[C@H](O)C(CC#N)O[C@H]2O1. The Bertz CT molecular complexity index is 570. The van der Waals surface area contributed by atoms with Crippen molar-refractivity contribution >= 4 is 0 Å². The summed E-state index contributed by atoms with van der Waals surface area (Å²) in [5.41, 5.74) is 0.998. The highest BCUT2D eigenvalue weighted by Crippen LogP contribution is 2.38. The molecule has 124 valence electrons. The van der Waals surface area contributed by atoms with Gasteiger partial charge in [0, 0.05) is 0 Å². The highest BCUT2D eigenvalue weighted by Gasteiger charge is 2.54. The quantitative estimate of drug-likeness (QED) is 0.910. The number of hydrogen-bond acceptors (Lipinski definition) is 6. The minimum atomic E-state index is -0.947. The Balaban J connectivity index is 1.75. The van der Waals surface area contributed by atoms with E-state index in [0.717, 1.165) is 5.56 Å². The van der Waals surface area contributed by atoms with Gasteiger partial charge in [0.05, 0.1) is 19.1 Å². The predicted octanol–water partition coefficient (Wildman–Crippen LogP) is 1.72. The van der Waals surface area contributed by atoms with Crippen LogP contribution in [-0.2, 0) is 25.6 Å². The van der Waals surface area contributed by atoms with Crippen molar-refractivity contribution in [2.45, 2.75) is 63.4 Å². The molecule has 23 heavy (non-hydrogen) atoms. The first-order valence-corrected chi connectivity index (χ1v) is 7.72. The summed E-state index contributed by atoms with van der Waals surface area (Å²) in [5.74, 6) is -0.815. The number of nitriles is 1. The number of aliphatic hydroxyl groups excluding tert-OH is 1. The van der Waals surface area contributed by atoms with Crippen molar-refractivity contribution in [1.29, 1.82) is 5.26 Å². The summed E-state index contributed by atoms with van der Waals surface area (Å²) in [4.78, 5) is 0. The zero-order chi connectivity index (χ0) is 16.4. The molecule has 2 heterocycles. The van der Waals surface area contributed by atoms with Crippen LogP contribution in [0.2, 0.25) is 0 Å². The molecule has 2 saturated heterocycles. The van der Waals surface area contributed by atoms with E-state index in [0.29, 0.717) is 6.61 Å². The van der Waals surface area contributed by atoms with E-state index < -0.39 is 36.5 Å². The third-order valence-electron chi connectivity index (χ3n) is 4.02. The fourth-order valence-electron chi connectivity index (χ4n) is 2.96. The number of fused-ring (bicyclic) bond motifs is 1. The maximum absolute atomic E-state index is 10.5. The number of nitrogens with zero attached hydrogens (tertiary/aromatic N) is 1. The average Bonchev–Trinajstić information content (AvgIpc) is 2.82. The normalized spacial score (nSPS) is 35.5. The number of hydrogen-bond donors (Lipinski definition) is 1. The second-order valence-electron chi connectivity index (χ2n) is 6.26. The van der Waals surface area contributed by atoms with E-state index in [1.54, 1.807) is 13.8 Å². The van der Waals surface area contributed by atoms with Crippen molar-refractivity contribution in [3.05, 3.63) is 35.9 Å². The lowest BCUT2D eigenvalue weighted by molar-refractivity contribution is -0.258. The van der Waals surface area contributed by atoms with Crippen LogP contribution in [0.3, 0.4) is 0 Å². The molecule has 2 fully saturated rings. The molecule has 3 unspecified atom stereocenters. The fraction of sp³-hybridized carbons (Fsp3) is 0.588. The van der Waals surface area contributed by atoms with E-state index in [1.807, 2.05) is 36.4 Å². The van der Waals surface area contributed by atoms with E-state index in [1.165, 1.54) is 0 Å². The molecule has 2 aliphatic rings. The van der Waals surface area contributed by atoms with Crippen LogP contribution in [0.4, 0.5) is 0 Å². The highest BCUT2D eigenvalue weighted by atomic mass is 16.8. The van der Waals surface area contributed by atoms with Crippen molar-refractivity contribution in [2.24, 2.45) is 0 Å². The van der Waals surface area contributed by atoms with Crippen molar-refractivity contribution in [1.82, 2.24) is 0 Å². The van der Waals surface area contributed by atoms with Gasteiger partial charge in [-0.1, -0.05) is 30.3 Å². The van der Waals surface area contributed by atoms with Crippen LogP contribution in [0.25, 0.3) is 0 Å². The summed E-state index contributed by atoms with van der Waals surface area (Å²) in [6, 6.07) is 11.7. The van der Waals surface area contributed by atoms with Crippen LogP contribution in [0.15, 0.2) is 30.3 Å². The lowest BCUT2D eigenvalue weighted by Gasteiger charge is -2.39. The van der Waals surface area contributed by atoms with Crippen LogP contribution >= 0.6 is 0 Å². The summed E-state index contributed by atoms with van der Waals surface area (Å²) < 4.78 is 23.2. The third-order valence-corrected chi connectivity index (χ3v) is 4.02. The van der Waals surface area contributed by atoms with Crippen LogP contribution in [0.5, 0.6) is 0 Å². The van der Waals surface area contributed by atoms with Crippen LogP contribution in [0.1, 0.15) is 25.8 Å². The molecule has 6 nitrogen and oxygen atoms in total. The monoisotopic (exact) mass is 319 g/mol. The minimum Gasteiger partial charge on any atom is -0.388 e. The maximum Gasteiger partial charge on any atom is 0.190 e. The van der Waals surface area contributed by atoms with Gasteiger partial charge in [-0.15, -0.1) is 0 Å². The minimum absolute atomic E-state index is 0.0688. The molecule has 3 rings (SSSR count). The molecule has 6 heteroatoms. The molecule has 1 N–H and O–H groups in total. The van der Waals surface area contributed by atoms with Gasteiger partial charge in [-0.2, -0.15) is 5.26 Å². The molecule has 2 aliphatic heterocycles. The second-order valence-corrected chi connectivity index (χ2v) is 6.26. The molecule has 0 radical (unpaired) electrons. The number of benzene rings is 1. The Morgan fingerprint density at radius 3 is 2.70 bits per heavy atom. The molecule has 0 spiro atoms. The van der Waals surface area contributed by atoms with Crippen molar-refractivity contribution in [3.63, 3.8) is 0 Å². The third kappa shape index (κ3) is 3.55. The summed E-state index contributed by atoms with van der Waals surface area (Å²) in [6.07, 6.45) is -3.32. The molecule has 0 amide bonds. The first-order valence-electron chi connectivity index (χ1n) is 7.72. The molecular weight excluding hydrogens is 298 g/mol. The molecular formula is C17H21NO5. The Kier molecular flexibility index (Phi) is 4.67. The van der Waals surface area contributed by atoms with Gasteiger partial charge in [-0.25, -0.2) is 0 Å². The molecule has 0 aromatic heterocycles. The summed E-state index contributed by atoms with van der Waals surface area (Å²) in [5, 5.41) is 19.4. The molecule has 1 aromatic carbocycles. The van der Waals surface area contributed by atoms with Crippen LogP contribution in [-0.4, -0.2) is 41.6 Å². The number of aliphatic hydroxyl groups is 1. The van der Waals surface area contributed by atoms with E-state index in [4.69, 9.17) is 24.2 Å². The lowest BCUT2D eigenvalue weighted by Crippen LogP contribution is -2.57. The first kappa shape index (κ1) is 16.4. The summed E-state index contributed by atoms with van der Waals surface area (Å²) in [7, 11) is 0. The smallest absolute Gasteiger partial charge is 0.190 e. The second kappa shape index (κ2) is 6.56. The Morgan fingerprint density at radius 2 is 2.00 bits per heavy atom. The first-order chi connectivity index (χ1) is 11.0. The fourth-order valence-corrected chi connectivity index (χ4v) is 2.96. The van der Waals surface area contributed by atoms with Gasteiger partial charge >= 0.3 is 0 Å². The van der Waals surface area contributed by atoms with Gasteiger partial charge < -0.3 is 24.1 Å². The molecule has 0 aliphatic carbocycles. The molecule has 5 atom stereocenters. The van der Waals surface area contributed by atoms with Crippen LogP contribution < -0.4 is 0 Å². The molecule has 0 saturated carbocycles. The van der Waals surface area contributed by atoms with Gasteiger partial charge in [0.1, 0.15) is 24.4 Å². The van der Waals surface area contributed by atoms with Gasteiger partial charge in [0.25, 0.3) is 0 Å². The van der Waals surface area contributed by atoms with E-state index >= 15 is 0 Å². The van der Waals surface area contributed by atoms with Crippen molar-refractivity contribution < 1.29 is 24.1 Å². The lowest BCUT2D eigenvalue weighted by atomic mass is 9.97. The molecule has 1 aromatic rings. The van der Waals surface area contributed by atoms with Gasteiger partial charge in [-0.05, 0) is 19.4 Å². The number of ether oxygens (including phenoxy) is 4. The predicted molar refractivity (Wildman–Crippen MR) is 80.0 cm³/mol. The van der Waals surface area contributed by atoms with E-state index in [2.05, 4.69) is 0 Å². The summed E-state index contributed by atoms with van der Waals surface area (Å²) >= 11 is 0. The maximum atomic E-state index is 10.5. The van der Waals surface area contributed by atoms with Gasteiger partial charge in [-0.3, -0.25) is 0 Å². The Hall–Kier alpha value is -1.49. The van der Waals surface area contributed by atoms with E-state index in [-0.39, 0.29) is 6.42 Å². The van der Waals surface area contributed by atoms with Crippen molar-refractivity contribution in [3.8, 4) is 6.07 Å². The Labute approximate surface area is 135 Å². The average molecular weight is 319 g/mol. The largest absolute Gasteiger partial charge is 0.388 e. The van der Waals surface area contributed by atoms with Gasteiger partial charge in [0.2, 0.25) is 0 Å². The number of rotatable bonds is 4. The van der Waals surface area contributed by atoms with Gasteiger partial charge in [0.15, 0.2) is 12.1 Å². The zero-order valence-electron chi connectivity index (χ0n) is 13.2. The van der Waals surface area contributed by atoms with Crippen LogP contribution in [0, 0.1) is 11.3 Å². The Morgan fingerprint density at radius 1 is 1.26 bits per heavy atom. The topological polar surface area (TPSA) is 80.9 Å². The van der Waals surface area contributed by atoms with Crippen molar-refractivity contribution in [2.75, 3.05) is 0 Å². The molecule has 0 bridgehead atoms. The highest BCUT2D eigenvalue weighted by molar-refractivity contribution is 5.13. The zero-order valence-corrected chi connectivity index (χ0v) is 13.2.